The molecule has 0 N–H and O–H groups in total. The highest BCUT2D eigenvalue weighted by atomic mass is 35.5. The van der Waals surface area contributed by atoms with Crippen molar-refractivity contribution in [3.63, 3.8) is 0 Å². The third-order valence-electron chi connectivity index (χ3n) is 4.93. The van der Waals surface area contributed by atoms with Gasteiger partial charge in [0, 0.05) is 24.8 Å². The fourth-order valence-corrected chi connectivity index (χ4v) is 3.90. The Kier molecular flexibility index (Phi) is 5.20. The Bertz CT molecular complexity index is 1090. The summed E-state index contributed by atoms with van der Waals surface area (Å²) in [6, 6.07) is 13.7. The van der Waals surface area contributed by atoms with Crippen LogP contribution in [0.15, 0.2) is 57.7 Å². The van der Waals surface area contributed by atoms with Crippen molar-refractivity contribution in [3.8, 4) is 0 Å². The number of benzene rings is 2. The van der Waals surface area contributed by atoms with Gasteiger partial charge >= 0.3 is 0 Å². The summed E-state index contributed by atoms with van der Waals surface area (Å²) in [6.45, 7) is 3.55. The molecular formula is C22H20ClNO4. The molecule has 144 valence electrons. The fraction of sp³-hybridized carbons (Fsp3) is 0.273. The number of fused-ring (bicyclic) bond motifs is 2. The van der Waals surface area contributed by atoms with Crippen LogP contribution in [0.4, 0.5) is 0 Å². The lowest BCUT2D eigenvalue weighted by Gasteiger charge is -2.25. The minimum absolute atomic E-state index is 0.116. The Balaban J connectivity index is 1.85. The van der Waals surface area contributed by atoms with Gasteiger partial charge in [-0.25, -0.2) is 0 Å². The predicted molar refractivity (Wildman–Crippen MR) is 108 cm³/mol. The summed E-state index contributed by atoms with van der Waals surface area (Å²) in [6.07, 6.45) is 0.665. The molecule has 1 atom stereocenters. The second-order valence-corrected chi connectivity index (χ2v) is 7.11. The summed E-state index contributed by atoms with van der Waals surface area (Å²) in [7, 11) is 0. The van der Waals surface area contributed by atoms with Gasteiger partial charge in [-0.05, 0) is 43.2 Å². The van der Waals surface area contributed by atoms with Crippen LogP contribution < -0.4 is 5.43 Å². The first kappa shape index (κ1) is 18.7. The molecule has 0 bridgehead atoms. The van der Waals surface area contributed by atoms with Crippen LogP contribution in [0.1, 0.15) is 41.1 Å². The van der Waals surface area contributed by atoms with Crippen molar-refractivity contribution in [2.75, 3.05) is 19.8 Å². The average molecular weight is 398 g/mol. The van der Waals surface area contributed by atoms with E-state index in [1.165, 1.54) is 0 Å². The number of rotatable bonds is 6. The van der Waals surface area contributed by atoms with Crippen molar-refractivity contribution in [1.82, 2.24) is 4.90 Å². The molecule has 3 aromatic rings. The molecule has 2 aromatic carbocycles. The smallest absolute Gasteiger partial charge is 0.290 e. The SMILES string of the molecule is CCOCCCN1C(=O)c2oc3ccccc3c(=O)c2C1c1cccc(Cl)c1. The van der Waals surface area contributed by atoms with E-state index in [1.807, 2.05) is 19.1 Å². The molecule has 4 rings (SSSR count). The third kappa shape index (κ3) is 3.21. The lowest BCUT2D eigenvalue weighted by Crippen LogP contribution is -2.31. The van der Waals surface area contributed by atoms with Crippen molar-refractivity contribution in [1.29, 1.82) is 0 Å². The summed E-state index contributed by atoms with van der Waals surface area (Å²) >= 11 is 6.19. The summed E-state index contributed by atoms with van der Waals surface area (Å²) in [4.78, 5) is 28.1. The zero-order valence-corrected chi connectivity index (χ0v) is 16.2. The van der Waals surface area contributed by atoms with E-state index in [9.17, 15) is 9.59 Å². The van der Waals surface area contributed by atoms with Crippen LogP contribution in [0.5, 0.6) is 0 Å². The van der Waals surface area contributed by atoms with Gasteiger partial charge in [0.2, 0.25) is 5.76 Å². The highest BCUT2D eigenvalue weighted by Gasteiger charge is 2.42. The van der Waals surface area contributed by atoms with Gasteiger partial charge in [-0.1, -0.05) is 35.9 Å². The van der Waals surface area contributed by atoms with E-state index in [2.05, 4.69) is 0 Å². The topological polar surface area (TPSA) is 59.8 Å². The number of nitrogens with zero attached hydrogens (tertiary/aromatic N) is 1. The van der Waals surface area contributed by atoms with E-state index in [-0.39, 0.29) is 17.1 Å². The van der Waals surface area contributed by atoms with Gasteiger partial charge in [0.25, 0.3) is 5.91 Å². The summed E-state index contributed by atoms with van der Waals surface area (Å²) in [5, 5.41) is 1.02. The number of hydrogen-bond donors (Lipinski definition) is 0. The molecule has 1 aliphatic rings. The van der Waals surface area contributed by atoms with Crippen LogP contribution in [0.25, 0.3) is 11.0 Å². The number of carbonyl (C=O) groups excluding carboxylic acids is 1. The van der Waals surface area contributed by atoms with Crippen molar-refractivity contribution < 1.29 is 13.9 Å². The van der Waals surface area contributed by atoms with Gasteiger partial charge in [-0.3, -0.25) is 9.59 Å². The molecule has 1 aromatic heterocycles. The fourth-order valence-electron chi connectivity index (χ4n) is 3.70. The normalized spacial score (nSPS) is 16.0. The Morgan fingerprint density at radius 3 is 2.75 bits per heavy atom. The summed E-state index contributed by atoms with van der Waals surface area (Å²) in [5.41, 5.74) is 1.41. The van der Waals surface area contributed by atoms with Crippen molar-refractivity contribution in [2.45, 2.75) is 19.4 Å². The molecule has 0 aliphatic carbocycles. The molecule has 5 nitrogen and oxygen atoms in total. The van der Waals surface area contributed by atoms with Crippen molar-refractivity contribution in [2.24, 2.45) is 0 Å². The van der Waals surface area contributed by atoms with E-state index in [1.54, 1.807) is 41.3 Å². The van der Waals surface area contributed by atoms with Crippen LogP contribution in [-0.4, -0.2) is 30.6 Å². The maximum Gasteiger partial charge on any atom is 0.290 e. The first-order valence-corrected chi connectivity index (χ1v) is 9.69. The number of carbonyl (C=O) groups is 1. The molecule has 0 fully saturated rings. The first-order chi connectivity index (χ1) is 13.6. The van der Waals surface area contributed by atoms with Crippen LogP contribution in [-0.2, 0) is 4.74 Å². The zero-order valence-electron chi connectivity index (χ0n) is 15.5. The predicted octanol–water partition coefficient (Wildman–Crippen LogP) is 4.42. The second kappa shape index (κ2) is 7.78. The van der Waals surface area contributed by atoms with Crippen LogP contribution >= 0.6 is 11.6 Å². The third-order valence-corrected chi connectivity index (χ3v) is 5.16. The molecular weight excluding hydrogens is 378 g/mol. The van der Waals surface area contributed by atoms with Crippen LogP contribution in [0.2, 0.25) is 5.02 Å². The lowest BCUT2D eigenvalue weighted by molar-refractivity contribution is 0.0696. The monoisotopic (exact) mass is 397 g/mol. The van der Waals surface area contributed by atoms with Crippen molar-refractivity contribution in [3.05, 3.63) is 80.7 Å². The Labute approximate surface area is 167 Å². The zero-order chi connectivity index (χ0) is 19.7. The van der Waals surface area contributed by atoms with E-state index in [0.717, 1.165) is 5.56 Å². The minimum Gasteiger partial charge on any atom is -0.450 e. The molecule has 0 saturated carbocycles. The van der Waals surface area contributed by atoms with Gasteiger partial charge < -0.3 is 14.1 Å². The number of halogens is 1. The van der Waals surface area contributed by atoms with Gasteiger partial charge in [0.05, 0.1) is 17.0 Å². The Hall–Kier alpha value is -2.63. The second-order valence-electron chi connectivity index (χ2n) is 6.68. The average Bonchev–Trinajstić information content (AvgIpc) is 2.98. The molecule has 1 unspecified atom stereocenters. The highest BCUT2D eigenvalue weighted by molar-refractivity contribution is 6.30. The van der Waals surface area contributed by atoms with Gasteiger partial charge in [0.15, 0.2) is 5.43 Å². The number of hydrogen-bond acceptors (Lipinski definition) is 4. The highest BCUT2D eigenvalue weighted by Crippen LogP contribution is 2.38. The minimum atomic E-state index is -0.524. The molecule has 0 saturated heterocycles. The van der Waals surface area contributed by atoms with E-state index in [4.69, 9.17) is 20.8 Å². The van der Waals surface area contributed by atoms with E-state index < -0.39 is 6.04 Å². The molecule has 1 amide bonds. The maximum absolute atomic E-state index is 13.3. The maximum atomic E-state index is 13.3. The summed E-state index contributed by atoms with van der Waals surface area (Å²) < 4.78 is 11.3. The van der Waals surface area contributed by atoms with Crippen LogP contribution in [0.3, 0.4) is 0 Å². The molecule has 0 radical (unpaired) electrons. The Morgan fingerprint density at radius 1 is 1.14 bits per heavy atom. The molecule has 2 heterocycles. The van der Waals surface area contributed by atoms with Crippen molar-refractivity contribution >= 4 is 28.5 Å². The number of para-hydroxylation sites is 1. The van der Waals surface area contributed by atoms with E-state index in [0.29, 0.717) is 47.7 Å². The first-order valence-electron chi connectivity index (χ1n) is 9.31. The number of amides is 1. The molecule has 28 heavy (non-hydrogen) atoms. The molecule has 1 aliphatic heterocycles. The van der Waals surface area contributed by atoms with Crippen LogP contribution in [0, 0.1) is 0 Å². The molecule has 0 spiro atoms. The largest absolute Gasteiger partial charge is 0.450 e. The van der Waals surface area contributed by atoms with Gasteiger partial charge in [0.1, 0.15) is 5.58 Å². The standard InChI is InChI=1S/C22H20ClNO4/c1-2-27-12-6-11-24-19(14-7-5-8-15(23)13-14)18-20(25)16-9-3-4-10-17(16)28-21(18)22(24)26/h3-5,7-10,13,19H,2,6,11-12H2,1H3. The molecule has 6 heteroatoms. The quantitative estimate of drug-likeness (QED) is 0.578. The summed E-state index contributed by atoms with van der Waals surface area (Å²) in [5.74, 6) is -0.163. The van der Waals surface area contributed by atoms with Gasteiger partial charge in [-0.2, -0.15) is 0 Å². The number of ether oxygens (including phenoxy) is 1. The van der Waals surface area contributed by atoms with Gasteiger partial charge in [-0.15, -0.1) is 0 Å². The Morgan fingerprint density at radius 2 is 1.96 bits per heavy atom. The van der Waals surface area contributed by atoms with E-state index >= 15 is 0 Å². The lowest BCUT2D eigenvalue weighted by atomic mass is 9.98.